The number of non-ortho nitro benzene ring substituents is 1. The second kappa shape index (κ2) is 6.57. The highest BCUT2D eigenvalue weighted by Gasteiger charge is 2.69. The molecular formula is C23H23FN4O4. The molecule has 8 nitrogen and oxygen atoms in total. The van der Waals surface area contributed by atoms with Crippen LogP contribution in [0.2, 0.25) is 0 Å². The highest BCUT2D eigenvalue weighted by atomic mass is 19.1. The van der Waals surface area contributed by atoms with Crippen LogP contribution in [0, 0.1) is 32.7 Å². The summed E-state index contributed by atoms with van der Waals surface area (Å²) in [5.41, 5.74) is 0.987. The van der Waals surface area contributed by atoms with Crippen LogP contribution in [-0.2, 0) is 4.79 Å². The van der Waals surface area contributed by atoms with Crippen LogP contribution in [0.25, 0.3) is 11.0 Å². The summed E-state index contributed by atoms with van der Waals surface area (Å²) in [7, 11) is 0. The largest absolute Gasteiger partial charge is 0.300 e. The fourth-order valence-corrected chi connectivity index (χ4v) is 4.93. The zero-order chi connectivity index (χ0) is 23.0. The Bertz CT molecular complexity index is 1260. The molecule has 1 amide bonds. The molecule has 0 spiro atoms. The van der Waals surface area contributed by atoms with Gasteiger partial charge in [0.1, 0.15) is 5.82 Å². The first-order chi connectivity index (χ1) is 15.1. The quantitative estimate of drug-likeness (QED) is 0.385. The molecular weight excluding hydrogens is 415 g/mol. The molecule has 2 aliphatic rings. The average Bonchev–Trinajstić information content (AvgIpc) is 3.54. The second-order valence-corrected chi connectivity index (χ2v) is 9.85. The molecule has 5 rings (SSSR count). The van der Waals surface area contributed by atoms with Crippen LogP contribution >= 0.6 is 0 Å². The number of hydrogen-bond donors (Lipinski definition) is 0. The maximum absolute atomic E-state index is 14.1. The summed E-state index contributed by atoms with van der Waals surface area (Å²) in [6.07, 6.45) is 1.83. The summed E-state index contributed by atoms with van der Waals surface area (Å²) in [5, 5.41) is 19.1. The lowest BCUT2D eigenvalue weighted by Gasteiger charge is -2.26. The van der Waals surface area contributed by atoms with E-state index >= 15 is 0 Å². The Morgan fingerprint density at radius 2 is 1.72 bits per heavy atom. The van der Waals surface area contributed by atoms with E-state index in [2.05, 4.69) is 10.3 Å². The van der Waals surface area contributed by atoms with Gasteiger partial charge in [-0.15, -0.1) is 0 Å². The molecule has 3 aromatic rings. The third-order valence-corrected chi connectivity index (χ3v) is 7.55. The van der Waals surface area contributed by atoms with Crippen LogP contribution in [0.1, 0.15) is 52.0 Å². The number of amides is 1. The van der Waals surface area contributed by atoms with Crippen LogP contribution in [0.5, 0.6) is 0 Å². The Labute approximate surface area is 183 Å². The Hall–Kier alpha value is -3.36. The van der Waals surface area contributed by atoms with E-state index in [1.54, 1.807) is 6.07 Å². The number of anilines is 2. The van der Waals surface area contributed by atoms with Crippen LogP contribution in [0.3, 0.4) is 0 Å². The number of rotatable bonds is 5. The van der Waals surface area contributed by atoms with Gasteiger partial charge in [0.05, 0.1) is 22.2 Å². The van der Waals surface area contributed by atoms with Crippen molar-refractivity contribution < 1.29 is 18.7 Å². The molecule has 0 radical (unpaired) electrons. The SMILES string of the molecule is CC1(C)C(C(=O)N(c2ccc(F)cc2C2CC2)c2ccc([N+](=O)[O-])c3nonc23)C1(C)C. The lowest BCUT2D eigenvalue weighted by molar-refractivity contribution is -0.383. The van der Waals surface area contributed by atoms with Gasteiger partial charge in [-0.3, -0.25) is 19.8 Å². The maximum atomic E-state index is 14.1. The van der Waals surface area contributed by atoms with Crippen molar-refractivity contribution in [3.8, 4) is 0 Å². The van der Waals surface area contributed by atoms with Crippen LogP contribution in [-0.4, -0.2) is 21.1 Å². The van der Waals surface area contributed by atoms with Crippen LogP contribution in [0.4, 0.5) is 21.5 Å². The summed E-state index contributed by atoms with van der Waals surface area (Å²) >= 11 is 0. The number of fused-ring (bicyclic) bond motifs is 1. The lowest BCUT2D eigenvalue weighted by Crippen LogP contribution is -2.30. The van der Waals surface area contributed by atoms with Gasteiger partial charge in [0, 0.05) is 6.07 Å². The number of halogens is 1. The minimum atomic E-state index is -0.566. The van der Waals surface area contributed by atoms with E-state index in [1.165, 1.54) is 29.2 Å². The molecule has 0 atom stereocenters. The van der Waals surface area contributed by atoms with Crippen molar-refractivity contribution in [1.82, 2.24) is 10.3 Å². The van der Waals surface area contributed by atoms with Gasteiger partial charge >= 0.3 is 5.69 Å². The van der Waals surface area contributed by atoms with Gasteiger partial charge in [0.25, 0.3) is 0 Å². The lowest BCUT2D eigenvalue weighted by atomic mass is 10.0. The zero-order valence-corrected chi connectivity index (χ0v) is 18.3. The van der Waals surface area contributed by atoms with E-state index in [-0.39, 0.29) is 51.1 Å². The summed E-state index contributed by atoms with van der Waals surface area (Å²) < 4.78 is 19.0. The molecule has 166 valence electrons. The monoisotopic (exact) mass is 438 g/mol. The van der Waals surface area contributed by atoms with Crippen LogP contribution in [0.15, 0.2) is 35.0 Å². The number of hydrogen-bond acceptors (Lipinski definition) is 6. The molecule has 1 aromatic heterocycles. The van der Waals surface area contributed by atoms with E-state index in [4.69, 9.17) is 4.63 Å². The van der Waals surface area contributed by atoms with Crippen molar-refractivity contribution in [2.45, 2.75) is 46.5 Å². The summed E-state index contributed by atoms with van der Waals surface area (Å²) in [6.45, 7) is 8.18. The molecule has 9 heteroatoms. The van der Waals surface area contributed by atoms with E-state index in [0.717, 1.165) is 18.4 Å². The van der Waals surface area contributed by atoms with Crippen LogP contribution < -0.4 is 4.90 Å². The van der Waals surface area contributed by atoms with E-state index in [1.807, 2.05) is 27.7 Å². The molecule has 32 heavy (non-hydrogen) atoms. The summed E-state index contributed by atoms with van der Waals surface area (Å²) in [5.74, 6) is -0.656. The molecule has 2 aliphatic carbocycles. The van der Waals surface area contributed by atoms with Crippen molar-refractivity contribution in [1.29, 1.82) is 0 Å². The number of carbonyl (C=O) groups is 1. The molecule has 0 unspecified atom stereocenters. The Morgan fingerprint density at radius 3 is 2.31 bits per heavy atom. The van der Waals surface area contributed by atoms with E-state index < -0.39 is 4.92 Å². The fraction of sp³-hybridized carbons (Fsp3) is 0.435. The van der Waals surface area contributed by atoms with Gasteiger partial charge in [-0.25, -0.2) is 9.02 Å². The molecule has 0 saturated heterocycles. The van der Waals surface area contributed by atoms with Crippen molar-refractivity contribution in [3.05, 3.63) is 51.8 Å². The molecule has 0 bridgehead atoms. The normalized spacial score (nSPS) is 19.2. The maximum Gasteiger partial charge on any atom is 0.300 e. The predicted molar refractivity (Wildman–Crippen MR) is 115 cm³/mol. The number of carbonyl (C=O) groups excluding carboxylic acids is 1. The van der Waals surface area contributed by atoms with Gasteiger partial charge in [0.2, 0.25) is 11.4 Å². The smallest absolute Gasteiger partial charge is 0.278 e. The first-order valence-electron chi connectivity index (χ1n) is 10.6. The van der Waals surface area contributed by atoms with E-state index in [9.17, 15) is 19.3 Å². The average molecular weight is 438 g/mol. The van der Waals surface area contributed by atoms with Crippen molar-refractivity contribution in [3.63, 3.8) is 0 Å². The Balaban J connectivity index is 1.74. The van der Waals surface area contributed by atoms with E-state index in [0.29, 0.717) is 11.4 Å². The minimum Gasteiger partial charge on any atom is -0.278 e. The van der Waals surface area contributed by atoms with Gasteiger partial charge in [-0.2, -0.15) is 0 Å². The first kappa shape index (κ1) is 20.5. The summed E-state index contributed by atoms with van der Waals surface area (Å²) in [6, 6.07) is 7.19. The number of benzene rings is 2. The van der Waals surface area contributed by atoms with Gasteiger partial charge < -0.3 is 0 Å². The number of nitro groups is 1. The molecule has 2 fully saturated rings. The highest BCUT2D eigenvalue weighted by molar-refractivity contribution is 6.10. The minimum absolute atomic E-state index is 0.0327. The van der Waals surface area contributed by atoms with Gasteiger partial charge in [-0.1, -0.05) is 27.7 Å². The molecule has 0 N–H and O–H groups in total. The third kappa shape index (κ3) is 2.83. The first-order valence-corrected chi connectivity index (χ1v) is 10.6. The third-order valence-electron chi connectivity index (χ3n) is 7.55. The number of nitro benzene ring substituents is 1. The number of aromatic nitrogens is 2. The van der Waals surface area contributed by atoms with Crippen molar-refractivity contribution in [2.24, 2.45) is 16.7 Å². The highest BCUT2D eigenvalue weighted by Crippen LogP contribution is 2.69. The zero-order valence-electron chi connectivity index (χ0n) is 18.3. The molecule has 0 aliphatic heterocycles. The predicted octanol–water partition coefficient (Wildman–Crippen LogP) is 5.49. The molecule has 2 saturated carbocycles. The summed E-state index contributed by atoms with van der Waals surface area (Å²) in [4.78, 5) is 26.4. The fourth-order valence-electron chi connectivity index (χ4n) is 4.93. The number of nitrogens with zero attached hydrogens (tertiary/aromatic N) is 4. The molecule has 2 aromatic carbocycles. The Morgan fingerprint density at radius 1 is 1.09 bits per heavy atom. The van der Waals surface area contributed by atoms with Crippen molar-refractivity contribution in [2.75, 3.05) is 4.90 Å². The molecule has 1 heterocycles. The van der Waals surface area contributed by atoms with Gasteiger partial charge in [-0.05, 0) is 69.7 Å². The Kier molecular flexibility index (Phi) is 4.22. The van der Waals surface area contributed by atoms with Gasteiger partial charge in [0.15, 0.2) is 5.52 Å². The van der Waals surface area contributed by atoms with Crippen molar-refractivity contribution >= 4 is 34.0 Å². The second-order valence-electron chi connectivity index (χ2n) is 9.85. The standard InChI is InChI=1S/C23H23FN4O4/c1-22(2)20(23(22,3)4)21(29)27(15-8-7-13(24)11-14(15)12-5-6-12)16-9-10-17(28(30)31)19-18(16)25-32-26-19/h7-12,20H,5-6H2,1-4H3. The topological polar surface area (TPSA) is 102 Å².